The third-order valence-electron chi connectivity index (χ3n) is 5.38. The number of hydrogen-bond acceptors (Lipinski definition) is 6. The van der Waals surface area contributed by atoms with Gasteiger partial charge in [0.05, 0.1) is 11.4 Å². The van der Waals surface area contributed by atoms with E-state index in [1.807, 2.05) is 19.1 Å². The van der Waals surface area contributed by atoms with Gasteiger partial charge in [-0.2, -0.15) is 4.31 Å². The van der Waals surface area contributed by atoms with Crippen LogP contribution in [0.1, 0.15) is 34.4 Å². The van der Waals surface area contributed by atoms with Crippen molar-refractivity contribution in [2.45, 2.75) is 49.3 Å². The summed E-state index contributed by atoms with van der Waals surface area (Å²) in [5.41, 5.74) is 2.48. The van der Waals surface area contributed by atoms with Gasteiger partial charge < -0.3 is 5.32 Å². The lowest BCUT2D eigenvalue weighted by Gasteiger charge is -2.31. The summed E-state index contributed by atoms with van der Waals surface area (Å²) in [6, 6.07) is 6.77. The van der Waals surface area contributed by atoms with Crippen LogP contribution in [0.25, 0.3) is 0 Å². The number of sulfonamides is 2. The lowest BCUT2D eigenvalue weighted by Crippen LogP contribution is -2.43. The van der Waals surface area contributed by atoms with Crippen LogP contribution < -0.4 is 10.5 Å². The van der Waals surface area contributed by atoms with Crippen molar-refractivity contribution in [3.63, 3.8) is 0 Å². The predicted molar refractivity (Wildman–Crippen MR) is 120 cm³/mol. The molecule has 2 heterocycles. The number of amides is 1. The fourth-order valence-corrected chi connectivity index (χ4v) is 7.59. The Morgan fingerprint density at radius 1 is 1.10 bits per heavy atom. The number of primary sulfonamides is 1. The Bertz CT molecular complexity index is 1170. The normalized spacial score (nSPS) is 16.4. The molecular weight excluding hydrogens is 458 g/mol. The smallest absolute Gasteiger partial charge is 0.247 e. The zero-order chi connectivity index (χ0) is 23.0. The second-order valence-electron chi connectivity index (χ2n) is 7.89. The van der Waals surface area contributed by atoms with Gasteiger partial charge in [0, 0.05) is 23.9 Å². The summed E-state index contributed by atoms with van der Waals surface area (Å²) in [5, 5.41) is 7.91. The molecule has 0 saturated carbocycles. The Morgan fingerprint density at radius 3 is 2.19 bits per heavy atom. The molecule has 8 nitrogen and oxygen atoms in total. The monoisotopic (exact) mass is 485 g/mol. The maximum Gasteiger partial charge on any atom is 0.247 e. The molecule has 1 aromatic heterocycles. The highest BCUT2D eigenvalue weighted by atomic mass is 32.2. The van der Waals surface area contributed by atoms with E-state index >= 15 is 0 Å². The molecule has 0 aliphatic carbocycles. The molecule has 3 rings (SSSR count). The number of aryl methyl sites for hydroxylation is 3. The standard InChI is InChI=1S/C20H27N3O5S3/c1-13-10-14(2)19(15(3)11-13)31(27,28)23-8-6-16(7-9-23)20(24)22-12-17-4-5-18(29-17)30(21,25)26/h4-5,10-11,16H,6-9,12H2,1-3H3,(H,22,24)(H2,21,25,26). The van der Waals surface area contributed by atoms with Crippen LogP contribution in [0.15, 0.2) is 33.4 Å². The van der Waals surface area contributed by atoms with Crippen LogP contribution in [0.3, 0.4) is 0 Å². The fourth-order valence-electron chi connectivity index (χ4n) is 3.99. The third kappa shape index (κ3) is 5.35. The number of thiophene rings is 1. The Labute approximate surface area is 187 Å². The molecule has 0 bridgehead atoms. The lowest BCUT2D eigenvalue weighted by molar-refractivity contribution is -0.126. The van der Waals surface area contributed by atoms with Gasteiger partial charge in [0.2, 0.25) is 26.0 Å². The molecule has 1 fully saturated rings. The third-order valence-corrected chi connectivity index (χ3v) is 10.1. The van der Waals surface area contributed by atoms with Crippen molar-refractivity contribution in [3.8, 4) is 0 Å². The summed E-state index contributed by atoms with van der Waals surface area (Å²) in [6.45, 7) is 6.31. The first-order valence-corrected chi connectivity index (χ1v) is 13.7. The highest BCUT2D eigenvalue weighted by Crippen LogP contribution is 2.29. The Morgan fingerprint density at radius 2 is 1.68 bits per heavy atom. The zero-order valence-electron chi connectivity index (χ0n) is 17.7. The SMILES string of the molecule is Cc1cc(C)c(S(=O)(=O)N2CCC(C(=O)NCc3ccc(S(N)(=O)=O)s3)CC2)c(C)c1. The van der Waals surface area contributed by atoms with Crippen molar-refractivity contribution < 1.29 is 21.6 Å². The molecule has 1 aromatic carbocycles. The second-order valence-corrected chi connectivity index (χ2v) is 12.7. The number of nitrogens with zero attached hydrogens (tertiary/aromatic N) is 1. The van der Waals surface area contributed by atoms with Gasteiger partial charge in [0.1, 0.15) is 4.21 Å². The number of nitrogens with one attached hydrogen (secondary N) is 1. The van der Waals surface area contributed by atoms with Crippen molar-refractivity contribution >= 4 is 37.3 Å². The predicted octanol–water partition coefficient (Wildman–Crippen LogP) is 2.04. The first kappa shape index (κ1) is 23.9. The summed E-state index contributed by atoms with van der Waals surface area (Å²) in [6.07, 6.45) is 0.865. The summed E-state index contributed by atoms with van der Waals surface area (Å²) in [4.78, 5) is 13.6. The molecule has 1 aliphatic rings. The highest BCUT2D eigenvalue weighted by molar-refractivity contribution is 7.91. The van der Waals surface area contributed by atoms with Crippen LogP contribution in [-0.4, -0.2) is 40.1 Å². The average molecular weight is 486 g/mol. The maximum absolute atomic E-state index is 13.2. The number of carbonyl (C=O) groups is 1. The molecule has 1 saturated heterocycles. The molecule has 11 heteroatoms. The number of benzene rings is 1. The van der Waals surface area contributed by atoms with E-state index in [0.29, 0.717) is 22.6 Å². The number of nitrogens with two attached hydrogens (primary N) is 1. The van der Waals surface area contributed by atoms with Crippen molar-refractivity contribution in [2.75, 3.05) is 13.1 Å². The van der Waals surface area contributed by atoms with Gasteiger partial charge in [0.25, 0.3) is 0 Å². The molecule has 170 valence electrons. The van der Waals surface area contributed by atoms with E-state index < -0.39 is 20.0 Å². The maximum atomic E-state index is 13.2. The van der Waals surface area contributed by atoms with Crippen LogP contribution in [-0.2, 0) is 31.4 Å². The number of rotatable bonds is 6. The van der Waals surface area contributed by atoms with Crippen LogP contribution in [0, 0.1) is 26.7 Å². The Kier molecular flexibility index (Phi) is 6.92. The summed E-state index contributed by atoms with van der Waals surface area (Å²) in [7, 11) is -7.37. The molecule has 0 atom stereocenters. The lowest BCUT2D eigenvalue weighted by atomic mass is 9.97. The van der Waals surface area contributed by atoms with Gasteiger partial charge in [-0.05, 0) is 56.9 Å². The van der Waals surface area contributed by atoms with E-state index in [-0.39, 0.29) is 35.7 Å². The Hall–Kier alpha value is -1.79. The van der Waals surface area contributed by atoms with Gasteiger partial charge in [-0.1, -0.05) is 17.7 Å². The summed E-state index contributed by atoms with van der Waals surface area (Å²) < 4.78 is 50.6. The van der Waals surface area contributed by atoms with E-state index in [4.69, 9.17) is 5.14 Å². The van der Waals surface area contributed by atoms with Crippen LogP contribution in [0.2, 0.25) is 0 Å². The average Bonchev–Trinajstić information content (AvgIpc) is 3.14. The van der Waals surface area contributed by atoms with Gasteiger partial charge >= 0.3 is 0 Å². The van der Waals surface area contributed by atoms with Gasteiger partial charge in [-0.15, -0.1) is 11.3 Å². The minimum Gasteiger partial charge on any atom is -0.351 e. The summed E-state index contributed by atoms with van der Waals surface area (Å²) >= 11 is 1.02. The first-order chi connectivity index (χ1) is 14.4. The highest BCUT2D eigenvalue weighted by Gasteiger charge is 2.33. The van der Waals surface area contributed by atoms with Gasteiger partial charge in [-0.25, -0.2) is 22.0 Å². The van der Waals surface area contributed by atoms with Gasteiger partial charge in [0.15, 0.2) is 0 Å². The van der Waals surface area contributed by atoms with E-state index in [9.17, 15) is 21.6 Å². The first-order valence-electron chi connectivity index (χ1n) is 9.87. The zero-order valence-corrected chi connectivity index (χ0v) is 20.2. The van der Waals surface area contributed by atoms with Crippen molar-refractivity contribution in [3.05, 3.63) is 45.8 Å². The molecule has 31 heavy (non-hydrogen) atoms. The van der Waals surface area contributed by atoms with E-state index in [1.54, 1.807) is 19.9 Å². The van der Waals surface area contributed by atoms with Crippen molar-refractivity contribution in [1.29, 1.82) is 0 Å². The topological polar surface area (TPSA) is 127 Å². The second kappa shape index (κ2) is 8.99. The minimum atomic E-state index is -3.75. The van der Waals surface area contributed by atoms with E-state index in [1.165, 1.54) is 10.4 Å². The van der Waals surface area contributed by atoms with E-state index in [2.05, 4.69) is 5.32 Å². The molecule has 1 amide bonds. The number of piperidine rings is 1. The Balaban J connectivity index is 1.60. The van der Waals surface area contributed by atoms with Gasteiger partial charge in [-0.3, -0.25) is 4.79 Å². The van der Waals surface area contributed by atoms with E-state index in [0.717, 1.165) is 28.0 Å². The largest absolute Gasteiger partial charge is 0.351 e. The van der Waals surface area contributed by atoms with Crippen LogP contribution in [0.5, 0.6) is 0 Å². The molecular formula is C20H27N3O5S3. The number of hydrogen-bond donors (Lipinski definition) is 2. The molecule has 0 unspecified atom stereocenters. The fraction of sp³-hybridized carbons (Fsp3) is 0.450. The number of carbonyl (C=O) groups excluding carboxylic acids is 1. The molecule has 0 radical (unpaired) electrons. The summed E-state index contributed by atoms with van der Waals surface area (Å²) in [5.74, 6) is -0.449. The molecule has 1 aliphatic heterocycles. The minimum absolute atomic E-state index is 0.0527. The van der Waals surface area contributed by atoms with Crippen molar-refractivity contribution in [1.82, 2.24) is 9.62 Å². The van der Waals surface area contributed by atoms with Crippen molar-refractivity contribution in [2.24, 2.45) is 11.1 Å². The molecule has 2 aromatic rings. The molecule has 3 N–H and O–H groups in total. The molecule has 0 spiro atoms. The quantitative estimate of drug-likeness (QED) is 0.647. The van der Waals surface area contributed by atoms with Crippen LogP contribution >= 0.6 is 11.3 Å². The van der Waals surface area contributed by atoms with Crippen LogP contribution in [0.4, 0.5) is 0 Å².